The predicted octanol–water partition coefficient (Wildman–Crippen LogP) is 5.03. The maximum atomic E-state index is 2.39. The van der Waals surface area contributed by atoms with Gasteiger partial charge in [-0.15, -0.1) is 0 Å². The van der Waals surface area contributed by atoms with Gasteiger partial charge in [0.25, 0.3) is 0 Å². The van der Waals surface area contributed by atoms with E-state index in [1.54, 1.807) is 0 Å². The zero-order valence-corrected chi connectivity index (χ0v) is 14.8. The summed E-state index contributed by atoms with van der Waals surface area (Å²) in [4.78, 5) is 0. The van der Waals surface area contributed by atoms with Crippen molar-refractivity contribution in [1.82, 2.24) is 0 Å². The molecule has 0 bridgehead atoms. The molecule has 0 fully saturated rings. The summed E-state index contributed by atoms with van der Waals surface area (Å²) in [7, 11) is -0.248. The summed E-state index contributed by atoms with van der Waals surface area (Å²) in [5, 5.41) is 3.01. The molecule has 0 N–H and O–H groups in total. The molecule has 0 nitrogen and oxygen atoms in total. The van der Waals surface area contributed by atoms with Crippen LogP contribution in [-0.4, -0.2) is 6.16 Å². The molecule has 0 aliphatic rings. The van der Waals surface area contributed by atoms with Crippen molar-refractivity contribution in [3.63, 3.8) is 0 Å². The number of hydrogen-bond acceptors (Lipinski definition) is 0. The molecule has 0 aromatic heterocycles. The van der Waals surface area contributed by atoms with Crippen LogP contribution >= 0.6 is 7.92 Å². The molecule has 0 amide bonds. The monoisotopic (exact) mass is 298 g/mol. The lowest BCUT2D eigenvalue weighted by Gasteiger charge is -2.25. The van der Waals surface area contributed by atoms with Crippen molar-refractivity contribution in [2.75, 3.05) is 6.16 Å². The second-order valence-corrected chi connectivity index (χ2v) is 8.76. The third kappa shape index (κ3) is 4.42. The summed E-state index contributed by atoms with van der Waals surface area (Å²) in [6.45, 7) is 11.4. The van der Waals surface area contributed by atoms with Crippen molar-refractivity contribution in [2.24, 2.45) is 11.8 Å². The molecule has 0 spiro atoms. The van der Waals surface area contributed by atoms with Crippen LogP contribution in [0.5, 0.6) is 0 Å². The maximum Gasteiger partial charge on any atom is -0.0195 e. The quantitative estimate of drug-likeness (QED) is 0.679. The molecular formula is C20H27P. The van der Waals surface area contributed by atoms with Gasteiger partial charge in [0.1, 0.15) is 0 Å². The highest BCUT2D eigenvalue weighted by Gasteiger charge is 2.18. The minimum Gasteiger partial charge on any atom is -0.0625 e. The Hall–Kier alpha value is -1.13. The fourth-order valence-corrected chi connectivity index (χ4v) is 5.04. The van der Waals surface area contributed by atoms with Gasteiger partial charge in [-0.2, -0.15) is 0 Å². The highest BCUT2D eigenvalue weighted by molar-refractivity contribution is 7.73. The molecule has 2 rings (SSSR count). The second-order valence-electron chi connectivity index (χ2n) is 6.50. The molecule has 1 heteroatoms. The molecule has 0 aliphatic carbocycles. The molecule has 1 unspecified atom stereocenters. The first-order valence-electron chi connectivity index (χ1n) is 7.88. The third-order valence-corrected chi connectivity index (χ3v) is 7.08. The topological polar surface area (TPSA) is 0 Å². The summed E-state index contributed by atoms with van der Waals surface area (Å²) < 4.78 is 0. The van der Waals surface area contributed by atoms with E-state index in [4.69, 9.17) is 0 Å². The Morgan fingerprint density at radius 1 is 0.714 bits per heavy atom. The SMILES string of the molecule is Cc1ccc(P(CC(C)C(C)C)c2ccc(C)cc2)cc1. The standard InChI is InChI=1S/C20H27P/c1-15(2)18(5)14-21(19-10-6-16(3)7-11-19)20-12-8-17(4)9-13-20/h6-13,15,18H,14H2,1-5H3. The van der Waals surface area contributed by atoms with Gasteiger partial charge in [0.15, 0.2) is 0 Å². The zero-order chi connectivity index (χ0) is 15.4. The van der Waals surface area contributed by atoms with Crippen LogP contribution < -0.4 is 10.6 Å². The Kier molecular flexibility index (Phi) is 5.59. The summed E-state index contributed by atoms with van der Waals surface area (Å²) in [5.74, 6) is 1.49. The van der Waals surface area contributed by atoms with E-state index in [0.717, 1.165) is 11.8 Å². The average molecular weight is 298 g/mol. The van der Waals surface area contributed by atoms with Gasteiger partial charge in [-0.3, -0.25) is 0 Å². The van der Waals surface area contributed by atoms with Crippen LogP contribution in [0.4, 0.5) is 0 Å². The van der Waals surface area contributed by atoms with Gasteiger partial charge in [-0.25, -0.2) is 0 Å². The van der Waals surface area contributed by atoms with E-state index >= 15 is 0 Å². The van der Waals surface area contributed by atoms with Crippen LogP contribution in [0.3, 0.4) is 0 Å². The Morgan fingerprint density at radius 2 is 1.10 bits per heavy atom. The van der Waals surface area contributed by atoms with E-state index in [2.05, 4.69) is 83.1 Å². The van der Waals surface area contributed by atoms with E-state index < -0.39 is 0 Å². The lowest BCUT2D eigenvalue weighted by atomic mass is 10.0. The summed E-state index contributed by atoms with van der Waals surface area (Å²) >= 11 is 0. The van der Waals surface area contributed by atoms with Gasteiger partial charge in [0, 0.05) is 0 Å². The number of hydrogen-bond donors (Lipinski definition) is 0. The predicted molar refractivity (Wildman–Crippen MR) is 97.4 cm³/mol. The first-order valence-corrected chi connectivity index (χ1v) is 9.41. The van der Waals surface area contributed by atoms with Gasteiger partial charge < -0.3 is 0 Å². The molecule has 0 saturated heterocycles. The van der Waals surface area contributed by atoms with Crippen molar-refractivity contribution in [3.05, 3.63) is 59.7 Å². The first-order chi connectivity index (χ1) is 9.97. The van der Waals surface area contributed by atoms with Gasteiger partial charge in [0.05, 0.1) is 0 Å². The molecule has 112 valence electrons. The average Bonchev–Trinajstić information content (AvgIpc) is 2.46. The van der Waals surface area contributed by atoms with Crippen molar-refractivity contribution in [1.29, 1.82) is 0 Å². The highest BCUT2D eigenvalue weighted by atomic mass is 31.1. The molecule has 21 heavy (non-hydrogen) atoms. The van der Waals surface area contributed by atoms with Gasteiger partial charge >= 0.3 is 0 Å². The van der Waals surface area contributed by atoms with Crippen LogP contribution in [0.25, 0.3) is 0 Å². The van der Waals surface area contributed by atoms with Crippen LogP contribution in [0.1, 0.15) is 31.9 Å². The van der Waals surface area contributed by atoms with E-state index in [-0.39, 0.29) is 7.92 Å². The van der Waals surface area contributed by atoms with Crippen LogP contribution in [0.15, 0.2) is 48.5 Å². The Labute approximate surface area is 131 Å². The molecule has 1 atom stereocenters. The smallest absolute Gasteiger partial charge is 0.0195 e. The summed E-state index contributed by atoms with van der Waals surface area (Å²) in [6.07, 6.45) is 1.28. The molecular weight excluding hydrogens is 271 g/mol. The van der Waals surface area contributed by atoms with Crippen molar-refractivity contribution in [3.8, 4) is 0 Å². The second kappa shape index (κ2) is 7.23. The third-order valence-electron chi connectivity index (χ3n) is 4.30. The first kappa shape index (κ1) is 16.2. The zero-order valence-electron chi connectivity index (χ0n) is 13.9. The molecule has 0 saturated carbocycles. The van der Waals surface area contributed by atoms with Gasteiger partial charge in [-0.05, 0) is 50.4 Å². The van der Waals surface area contributed by atoms with Crippen molar-refractivity contribution < 1.29 is 0 Å². The Bertz CT molecular complexity index is 506. The normalized spacial score (nSPS) is 12.9. The maximum absolute atomic E-state index is 2.39. The molecule has 0 radical (unpaired) electrons. The number of aryl methyl sites for hydroxylation is 2. The fraction of sp³-hybridized carbons (Fsp3) is 0.400. The summed E-state index contributed by atoms with van der Waals surface area (Å²) in [6, 6.07) is 18.3. The van der Waals surface area contributed by atoms with E-state index in [9.17, 15) is 0 Å². The molecule has 2 aromatic rings. The minimum atomic E-state index is -0.248. The minimum absolute atomic E-state index is 0.248. The fourth-order valence-electron chi connectivity index (χ4n) is 2.31. The van der Waals surface area contributed by atoms with E-state index in [0.29, 0.717) is 0 Å². The van der Waals surface area contributed by atoms with E-state index in [1.807, 2.05) is 0 Å². The van der Waals surface area contributed by atoms with Crippen LogP contribution in [0.2, 0.25) is 0 Å². The largest absolute Gasteiger partial charge is 0.0625 e. The van der Waals surface area contributed by atoms with E-state index in [1.165, 1.54) is 27.9 Å². The van der Waals surface area contributed by atoms with Crippen molar-refractivity contribution in [2.45, 2.75) is 34.6 Å². The lowest BCUT2D eigenvalue weighted by Crippen LogP contribution is -2.19. The van der Waals surface area contributed by atoms with Crippen LogP contribution in [-0.2, 0) is 0 Å². The number of rotatable bonds is 5. The highest BCUT2D eigenvalue weighted by Crippen LogP contribution is 2.37. The number of benzene rings is 2. The molecule has 0 aliphatic heterocycles. The Morgan fingerprint density at radius 3 is 1.43 bits per heavy atom. The van der Waals surface area contributed by atoms with Crippen molar-refractivity contribution >= 4 is 18.5 Å². The summed E-state index contributed by atoms with van der Waals surface area (Å²) in [5.41, 5.74) is 2.68. The van der Waals surface area contributed by atoms with Gasteiger partial charge in [0.2, 0.25) is 0 Å². The Balaban J connectivity index is 2.33. The lowest BCUT2D eigenvalue weighted by molar-refractivity contribution is 0.463. The van der Waals surface area contributed by atoms with Gasteiger partial charge in [-0.1, -0.05) is 80.4 Å². The molecule has 0 heterocycles. The molecule has 2 aromatic carbocycles. The van der Waals surface area contributed by atoms with Crippen LogP contribution in [0, 0.1) is 25.7 Å².